The van der Waals surface area contributed by atoms with Crippen LogP contribution in [0.4, 0.5) is 5.95 Å². The molecular weight excluding hydrogens is 400 g/mol. The lowest BCUT2D eigenvalue weighted by atomic mass is 9.87. The molecule has 1 aromatic heterocycles. The molecule has 0 fully saturated rings. The number of nitrogens with one attached hydrogen (secondary N) is 2. The van der Waals surface area contributed by atoms with Crippen molar-refractivity contribution >= 4 is 17.4 Å². The smallest absolute Gasteiger partial charge is 0.274 e. The van der Waals surface area contributed by atoms with Crippen LogP contribution in [0.15, 0.2) is 60.8 Å². The quantitative estimate of drug-likeness (QED) is 0.233. The summed E-state index contributed by atoms with van der Waals surface area (Å²) < 4.78 is 0. The molecule has 0 saturated heterocycles. The predicted molar refractivity (Wildman–Crippen MR) is 129 cm³/mol. The van der Waals surface area contributed by atoms with Crippen molar-refractivity contribution in [1.29, 1.82) is 0 Å². The van der Waals surface area contributed by atoms with Crippen molar-refractivity contribution in [2.45, 2.75) is 52.5 Å². The molecule has 2 atom stereocenters. The third-order valence-electron chi connectivity index (χ3n) is 6.09. The Kier molecular flexibility index (Phi) is 7.95. The van der Waals surface area contributed by atoms with Crippen LogP contribution in [0.3, 0.4) is 0 Å². The van der Waals surface area contributed by atoms with Crippen molar-refractivity contribution in [3.05, 3.63) is 83.2 Å². The fraction of sp³-hybridized carbons (Fsp3) is 0.346. The molecule has 1 heterocycles. The van der Waals surface area contributed by atoms with Crippen LogP contribution in [0.5, 0.6) is 0 Å². The van der Waals surface area contributed by atoms with E-state index in [0.717, 1.165) is 42.5 Å². The van der Waals surface area contributed by atoms with Crippen LogP contribution in [0.1, 0.15) is 60.8 Å². The van der Waals surface area contributed by atoms with E-state index in [0.29, 0.717) is 17.4 Å². The highest BCUT2D eigenvalue weighted by Crippen LogP contribution is 2.25. The van der Waals surface area contributed by atoms with Gasteiger partial charge in [0.15, 0.2) is 0 Å². The Morgan fingerprint density at radius 1 is 1.28 bits per heavy atom. The number of benzene rings is 1. The van der Waals surface area contributed by atoms with Crippen molar-refractivity contribution in [1.82, 2.24) is 15.4 Å². The van der Waals surface area contributed by atoms with Crippen molar-refractivity contribution in [2.24, 2.45) is 5.92 Å². The number of rotatable bonds is 8. The standard InChI is InChI=1S/C26H32N4O2/c1-5-6-17(2)18(3)7-8-19(4)24-13-14-27-26(29-24)28-23-12-11-20-9-10-21(25(31)30-32)15-22(20)16-23/h5,7-10,13-15,17,23,32H,1,6,11-12,16H2,2-4H3,(H,30,31)(H,27,28,29). The second-order valence-corrected chi connectivity index (χ2v) is 8.46. The van der Waals surface area contributed by atoms with Gasteiger partial charge in [0.2, 0.25) is 5.95 Å². The molecular formula is C26H32N4O2. The average Bonchev–Trinajstić information content (AvgIpc) is 2.81. The van der Waals surface area contributed by atoms with Gasteiger partial charge < -0.3 is 5.32 Å². The Balaban J connectivity index is 1.70. The van der Waals surface area contributed by atoms with E-state index >= 15 is 0 Å². The predicted octanol–water partition coefficient (Wildman–Crippen LogP) is 5.13. The van der Waals surface area contributed by atoms with Crippen LogP contribution in [0.25, 0.3) is 5.57 Å². The summed E-state index contributed by atoms with van der Waals surface area (Å²) in [6, 6.07) is 7.65. The summed E-state index contributed by atoms with van der Waals surface area (Å²) in [6.07, 6.45) is 11.6. The number of aromatic nitrogens is 2. The summed E-state index contributed by atoms with van der Waals surface area (Å²) >= 11 is 0. The minimum atomic E-state index is -0.496. The number of allylic oxidation sites excluding steroid dienone is 5. The molecule has 0 spiro atoms. The first kappa shape index (κ1) is 23.4. The number of anilines is 1. The molecule has 2 unspecified atom stereocenters. The number of hydrogen-bond donors (Lipinski definition) is 3. The van der Waals surface area contributed by atoms with Gasteiger partial charge in [-0.15, -0.1) is 6.58 Å². The Morgan fingerprint density at radius 2 is 2.09 bits per heavy atom. The molecule has 1 aliphatic rings. The van der Waals surface area contributed by atoms with Crippen molar-refractivity contribution in [3.8, 4) is 0 Å². The lowest BCUT2D eigenvalue weighted by Crippen LogP contribution is -2.29. The molecule has 0 aliphatic heterocycles. The molecule has 3 N–H and O–H groups in total. The van der Waals surface area contributed by atoms with Crippen molar-refractivity contribution < 1.29 is 10.0 Å². The molecule has 6 heteroatoms. The SMILES string of the molecule is C=CCC(C)C(C)=CC=C(C)c1ccnc(NC2CCc3ccc(C(=O)NO)cc3C2)n1. The first-order valence-corrected chi connectivity index (χ1v) is 11.0. The summed E-state index contributed by atoms with van der Waals surface area (Å²) in [5, 5.41) is 12.3. The number of carbonyl (C=O) groups is 1. The highest BCUT2D eigenvalue weighted by atomic mass is 16.5. The van der Waals surface area contributed by atoms with Gasteiger partial charge in [0.1, 0.15) is 0 Å². The minimum Gasteiger partial charge on any atom is -0.351 e. The summed E-state index contributed by atoms with van der Waals surface area (Å²) in [7, 11) is 0. The number of carbonyl (C=O) groups excluding carboxylic acids is 1. The average molecular weight is 433 g/mol. The number of fused-ring (bicyclic) bond motifs is 1. The first-order chi connectivity index (χ1) is 15.4. The van der Waals surface area contributed by atoms with Crippen LogP contribution in [0.2, 0.25) is 0 Å². The molecule has 3 rings (SSSR count). The van der Waals surface area contributed by atoms with E-state index in [9.17, 15) is 4.79 Å². The molecule has 1 aromatic carbocycles. The van der Waals surface area contributed by atoms with Crippen LogP contribution in [-0.4, -0.2) is 27.1 Å². The topological polar surface area (TPSA) is 87.1 Å². The monoisotopic (exact) mass is 432 g/mol. The largest absolute Gasteiger partial charge is 0.351 e. The van der Waals surface area contributed by atoms with Crippen LogP contribution in [0, 0.1) is 5.92 Å². The van der Waals surface area contributed by atoms with E-state index in [1.54, 1.807) is 17.7 Å². The third-order valence-corrected chi connectivity index (χ3v) is 6.09. The van der Waals surface area contributed by atoms with Gasteiger partial charge in [-0.3, -0.25) is 10.0 Å². The van der Waals surface area contributed by atoms with Crippen LogP contribution < -0.4 is 10.8 Å². The maximum Gasteiger partial charge on any atom is 0.274 e. The maximum absolute atomic E-state index is 11.7. The molecule has 2 aromatic rings. The maximum atomic E-state index is 11.7. The van der Waals surface area contributed by atoms with Gasteiger partial charge in [0.25, 0.3) is 5.91 Å². The molecule has 0 radical (unpaired) electrons. The Hall–Kier alpha value is -3.25. The molecule has 32 heavy (non-hydrogen) atoms. The Labute approximate surface area is 190 Å². The third kappa shape index (κ3) is 5.92. The highest BCUT2D eigenvalue weighted by molar-refractivity contribution is 5.93. The second kappa shape index (κ2) is 10.9. The van der Waals surface area contributed by atoms with Gasteiger partial charge in [-0.25, -0.2) is 15.4 Å². The lowest BCUT2D eigenvalue weighted by Gasteiger charge is -2.26. The fourth-order valence-electron chi connectivity index (χ4n) is 3.86. The number of nitrogens with zero attached hydrogens (tertiary/aromatic N) is 2. The lowest BCUT2D eigenvalue weighted by molar-refractivity contribution is 0.0706. The zero-order chi connectivity index (χ0) is 23.1. The summed E-state index contributed by atoms with van der Waals surface area (Å²) in [6.45, 7) is 10.2. The summed E-state index contributed by atoms with van der Waals surface area (Å²) in [4.78, 5) is 20.8. The molecule has 168 valence electrons. The number of amides is 1. The number of hydroxylamine groups is 1. The van der Waals surface area contributed by atoms with E-state index in [1.165, 1.54) is 11.1 Å². The normalized spacial score (nSPS) is 17.3. The van der Waals surface area contributed by atoms with E-state index in [2.05, 4.69) is 49.8 Å². The van der Waals surface area contributed by atoms with E-state index in [4.69, 9.17) is 10.2 Å². The molecule has 0 saturated carbocycles. The van der Waals surface area contributed by atoms with Gasteiger partial charge in [-0.2, -0.15) is 0 Å². The van der Waals surface area contributed by atoms with Gasteiger partial charge in [0.05, 0.1) is 5.69 Å². The summed E-state index contributed by atoms with van der Waals surface area (Å²) in [5.74, 6) is 0.579. The first-order valence-electron chi connectivity index (χ1n) is 11.0. The highest BCUT2D eigenvalue weighted by Gasteiger charge is 2.20. The van der Waals surface area contributed by atoms with Gasteiger partial charge in [0, 0.05) is 17.8 Å². The van der Waals surface area contributed by atoms with Gasteiger partial charge in [-0.05, 0) is 80.3 Å². The zero-order valence-corrected chi connectivity index (χ0v) is 19.1. The van der Waals surface area contributed by atoms with Gasteiger partial charge >= 0.3 is 0 Å². The Bertz CT molecular complexity index is 1040. The summed E-state index contributed by atoms with van der Waals surface area (Å²) in [5.41, 5.74) is 7.77. The molecule has 6 nitrogen and oxygen atoms in total. The second-order valence-electron chi connectivity index (χ2n) is 8.46. The minimum absolute atomic E-state index is 0.177. The van der Waals surface area contributed by atoms with Crippen molar-refractivity contribution in [3.63, 3.8) is 0 Å². The molecule has 1 aliphatic carbocycles. The fourth-order valence-corrected chi connectivity index (χ4v) is 3.86. The van der Waals surface area contributed by atoms with Crippen LogP contribution >= 0.6 is 0 Å². The van der Waals surface area contributed by atoms with E-state index < -0.39 is 5.91 Å². The zero-order valence-electron chi connectivity index (χ0n) is 19.1. The number of aryl methyl sites for hydroxylation is 1. The van der Waals surface area contributed by atoms with E-state index in [1.807, 2.05) is 24.3 Å². The number of hydrogen-bond acceptors (Lipinski definition) is 5. The van der Waals surface area contributed by atoms with Crippen LogP contribution in [-0.2, 0) is 12.8 Å². The van der Waals surface area contributed by atoms with Crippen molar-refractivity contribution in [2.75, 3.05) is 5.32 Å². The Morgan fingerprint density at radius 3 is 2.84 bits per heavy atom. The molecule has 0 bridgehead atoms. The van der Waals surface area contributed by atoms with Gasteiger partial charge in [-0.1, -0.05) is 36.8 Å². The van der Waals surface area contributed by atoms with E-state index in [-0.39, 0.29) is 6.04 Å². The molecule has 1 amide bonds.